The first kappa shape index (κ1) is 31.8. The molecule has 0 unspecified atom stereocenters. The van der Waals surface area contributed by atoms with Crippen LogP contribution in [-0.4, -0.2) is 19.9 Å². The van der Waals surface area contributed by atoms with Crippen molar-refractivity contribution in [3.8, 4) is 67.5 Å². The highest BCUT2D eigenvalue weighted by atomic mass is 16.3. The van der Waals surface area contributed by atoms with Crippen molar-refractivity contribution in [3.05, 3.63) is 182 Å². The molecule has 7 aromatic carbocycles. The Balaban J connectivity index is 1.06. The number of fused-ring (bicyclic) bond motifs is 6. The normalized spacial score (nSPS) is 11.6. The van der Waals surface area contributed by atoms with E-state index in [4.69, 9.17) is 18.8 Å². The number of furan rings is 2. The van der Waals surface area contributed by atoms with Crippen molar-refractivity contribution >= 4 is 43.9 Å². The fraction of sp³-hybridized carbons (Fsp3) is 0. The second-order valence-corrected chi connectivity index (χ2v) is 13.8. The number of para-hydroxylation sites is 3. The summed E-state index contributed by atoms with van der Waals surface area (Å²) >= 11 is 0. The summed E-state index contributed by atoms with van der Waals surface area (Å²) in [5.41, 5.74) is 12.6. The van der Waals surface area contributed by atoms with Gasteiger partial charge in [0.05, 0.1) is 11.4 Å². The molecule has 0 aliphatic heterocycles. The van der Waals surface area contributed by atoms with Gasteiger partial charge in [-0.05, 0) is 35.4 Å². The van der Waals surface area contributed by atoms with E-state index in [-0.39, 0.29) is 0 Å². The quantitative estimate of drug-likeness (QED) is 0.170. The zero-order chi connectivity index (χ0) is 37.0. The van der Waals surface area contributed by atoms with Gasteiger partial charge in [-0.15, -0.1) is 0 Å². The lowest BCUT2D eigenvalue weighted by Crippen LogP contribution is -1.96. The monoisotopic (exact) mass is 718 g/mol. The maximum Gasteiger partial charge on any atom is 0.160 e. The van der Waals surface area contributed by atoms with Crippen molar-refractivity contribution in [3.63, 3.8) is 0 Å². The second-order valence-electron chi connectivity index (χ2n) is 13.8. The van der Waals surface area contributed by atoms with Gasteiger partial charge in [-0.2, -0.15) is 0 Å². The molecular weight excluding hydrogens is 689 g/mol. The van der Waals surface area contributed by atoms with Crippen molar-refractivity contribution in [2.45, 2.75) is 0 Å². The van der Waals surface area contributed by atoms with Crippen LogP contribution in [0.15, 0.2) is 191 Å². The Labute approximate surface area is 321 Å². The van der Waals surface area contributed by atoms with E-state index >= 15 is 0 Å². The Hall–Kier alpha value is -7.70. The van der Waals surface area contributed by atoms with Gasteiger partial charge in [-0.25, -0.2) is 19.9 Å². The summed E-state index contributed by atoms with van der Waals surface area (Å²) in [6.45, 7) is 0. The van der Waals surface area contributed by atoms with E-state index in [9.17, 15) is 0 Å². The number of nitrogens with zero attached hydrogens (tertiary/aromatic N) is 4. The number of hydrogen-bond donors (Lipinski definition) is 0. The molecule has 0 saturated heterocycles. The molecule has 0 atom stereocenters. The van der Waals surface area contributed by atoms with Crippen LogP contribution in [0.3, 0.4) is 0 Å². The zero-order valence-electron chi connectivity index (χ0n) is 29.9. The maximum atomic E-state index is 6.76. The third-order valence-corrected chi connectivity index (χ3v) is 10.5. The minimum atomic E-state index is 0.615. The van der Waals surface area contributed by atoms with Crippen LogP contribution in [0, 0.1) is 0 Å². The van der Waals surface area contributed by atoms with E-state index in [2.05, 4.69) is 101 Å². The molecule has 4 heterocycles. The van der Waals surface area contributed by atoms with E-state index in [1.165, 1.54) is 0 Å². The van der Waals surface area contributed by atoms with Crippen LogP contribution in [0.2, 0.25) is 0 Å². The molecule has 56 heavy (non-hydrogen) atoms. The van der Waals surface area contributed by atoms with Crippen molar-refractivity contribution in [1.82, 2.24) is 19.9 Å². The summed E-state index contributed by atoms with van der Waals surface area (Å²) in [5.74, 6) is 1.31. The summed E-state index contributed by atoms with van der Waals surface area (Å²) in [5, 5.41) is 4.22. The molecule has 0 saturated carbocycles. The molecule has 11 aromatic rings. The standard InChI is InChI=1S/C50H30N4O2/c1-3-12-32(13-4-1)42-28-43(54-50(53-42)34-24-22-31(23-25-34)35-29-51-49(52-30-35)33-14-5-2-6-15-33)40-27-26-37(46-41-17-8-10-21-45(41)56-48(40)46)39-19-11-18-38-36-16-7-9-20-44(36)55-47(38)39/h1-30H. The Kier molecular flexibility index (Phi) is 7.38. The molecule has 0 aliphatic rings. The van der Waals surface area contributed by atoms with Crippen LogP contribution in [-0.2, 0) is 0 Å². The lowest BCUT2D eigenvalue weighted by molar-refractivity contribution is 0.669. The smallest absolute Gasteiger partial charge is 0.160 e. The van der Waals surface area contributed by atoms with Crippen molar-refractivity contribution < 1.29 is 8.83 Å². The number of rotatable bonds is 6. The second kappa shape index (κ2) is 13.0. The minimum absolute atomic E-state index is 0.615. The van der Waals surface area contributed by atoms with Gasteiger partial charge in [0.25, 0.3) is 0 Å². The largest absolute Gasteiger partial charge is 0.455 e. The highest BCUT2D eigenvalue weighted by molar-refractivity contribution is 6.19. The molecule has 262 valence electrons. The van der Waals surface area contributed by atoms with Gasteiger partial charge in [-0.1, -0.05) is 146 Å². The molecule has 11 rings (SSSR count). The third-order valence-electron chi connectivity index (χ3n) is 10.5. The highest BCUT2D eigenvalue weighted by Gasteiger charge is 2.22. The topological polar surface area (TPSA) is 77.8 Å². The Morgan fingerprint density at radius 1 is 0.339 bits per heavy atom. The molecule has 6 nitrogen and oxygen atoms in total. The van der Waals surface area contributed by atoms with Crippen molar-refractivity contribution in [2.24, 2.45) is 0 Å². The minimum Gasteiger partial charge on any atom is -0.455 e. The van der Waals surface area contributed by atoms with Gasteiger partial charge in [0.15, 0.2) is 11.6 Å². The first-order chi connectivity index (χ1) is 27.7. The Morgan fingerprint density at radius 3 is 1.68 bits per heavy atom. The van der Waals surface area contributed by atoms with Crippen LogP contribution >= 0.6 is 0 Å². The van der Waals surface area contributed by atoms with Gasteiger partial charge in [0, 0.05) is 67.3 Å². The molecule has 0 fully saturated rings. The number of benzene rings is 7. The first-order valence-corrected chi connectivity index (χ1v) is 18.5. The fourth-order valence-corrected chi connectivity index (χ4v) is 7.71. The van der Waals surface area contributed by atoms with Crippen LogP contribution in [0.25, 0.3) is 111 Å². The molecule has 6 heteroatoms. The SMILES string of the molecule is c1ccc(-c2cc(-c3ccc(-c4cccc5c4oc4ccccc45)c4c3oc3ccccc34)nc(-c3ccc(-c4cnc(-c5ccccc5)nc4)cc3)n2)cc1. The lowest BCUT2D eigenvalue weighted by Gasteiger charge is -2.12. The van der Waals surface area contributed by atoms with E-state index in [1.807, 2.05) is 91.3 Å². The van der Waals surface area contributed by atoms with Crippen LogP contribution in [0.4, 0.5) is 0 Å². The number of aromatic nitrogens is 4. The predicted octanol–water partition coefficient (Wildman–Crippen LogP) is 13.1. The van der Waals surface area contributed by atoms with E-state index in [0.717, 1.165) is 99.8 Å². The van der Waals surface area contributed by atoms with Gasteiger partial charge in [0.2, 0.25) is 0 Å². The van der Waals surface area contributed by atoms with Gasteiger partial charge in [-0.3, -0.25) is 0 Å². The van der Waals surface area contributed by atoms with E-state index in [0.29, 0.717) is 11.6 Å². The molecule has 0 aliphatic carbocycles. The van der Waals surface area contributed by atoms with Gasteiger partial charge < -0.3 is 8.83 Å². The summed E-state index contributed by atoms with van der Waals surface area (Å²) in [7, 11) is 0. The van der Waals surface area contributed by atoms with E-state index < -0.39 is 0 Å². The van der Waals surface area contributed by atoms with Crippen LogP contribution in [0.5, 0.6) is 0 Å². The molecule has 4 aromatic heterocycles. The van der Waals surface area contributed by atoms with Crippen molar-refractivity contribution in [2.75, 3.05) is 0 Å². The molecule has 0 radical (unpaired) electrons. The van der Waals surface area contributed by atoms with Gasteiger partial charge >= 0.3 is 0 Å². The van der Waals surface area contributed by atoms with Crippen molar-refractivity contribution in [1.29, 1.82) is 0 Å². The third kappa shape index (κ3) is 5.35. The summed E-state index contributed by atoms with van der Waals surface area (Å²) in [6.07, 6.45) is 3.73. The summed E-state index contributed by atoms with van der Waals surface area (Å²) in [6, 6.07) is 57.6. The predicted molar refractivity (Wildman–Crippen MR) is 225 cm³/mol. The number of hydrogen-bond acceptors (Lipinski definition) is 6. The van der Waals surface area contributed by atoms with Crippen LogP contribution in [0.1, 0.15) is 0 Å². The molecule has 0 spiro atoms. The summed E-state index contributed by atoms with van der Waals surface area (Å²) in [4.78, 5) is 19.6. The molecule has 0 bridgehead atoms. The highest BCUT2D eigenvalue weighted by Crippen LogP contribution is 2.45. The van der Waals surface area contributed by atoms with E-state index in [1.54, 1.807) is 0 Å². The average molecular weight is 719 g/mol. The Bertz CT molecular complexity index is 3220. The Morgan fingerprint density at radius 2 is 0.911 bits per heavy atom. The average Bonchev–Trinajstić information content (AvgIpc) is 3.86. The first-order valence-electron chi connectivity index (χ1n) is 18.5. The molecular formula is C50H30N4O2. The van der Waals surface area contributed by atoms with Gasteiger partial charge in [0.1, 0.15) is 22.3 Å². The maximum absolute atomic E-state index is 6.76. The van der Waals surface area contributed by atoms with Crippen LogP contribution < -0.4 is 0 Å². The fourth-order valence-electron chi connectivity index (χ4n) is 7.71. The lowest BCUT2D eigenvalue weighted by atomic mass is 9.94. The molecule has 0 amide bonds. The summed E-state index contributed by atoms with van der Waals surface area (Å²) < 4.78 is 13.3. The molecule has 0 N–H and O–H groups in total. The zero-order valence-corrected chi connectivity index (χ0v) is 29.9.